The van der Waals surface area contributed by atoms with Crippen LogP contribution in [0.2, 0.25) is 0 Å². The standard InChI is InChI=1S/C15H24N2O2S/c1-11-5-6-12(2)13(9-11)20(18,19)17-8-7-14(16)15(3,4)10-17/h5-6,9,14H,7-8,10,16H2,1-4H3. The second-order valence-corrected chi connectivity index (χ2v) is 8.40. The van der Waals surface area contributed by atoms with Crippen LogP contribution < -0.4 is 5.73 Å². The molecule has 0 aliphatic carbocycles. The Morgan fingerprint density at radius 2 is 1.95 bits per heavy atom. The fourth-order valence-corrected chi connectivity index (χ4v) is 4.59. The first-order chi connectivity index (χ1) is 9.14. The van der Waals surface area contributed by atoms with E-state index >= 15 is 0 Å². The molecule has 20 heavy (non-hydrogen) atoms. The Hall–Kier alpha value is -0.910. The summed E-state index contributed by atoms with van der Waals surface area (Å²) in [6.45, 7) is 8.79. The van der Waals surface area contributed by atoms with Crippen molar-refractivity contribution in [3.8, 4) is 0 Å². The Kier molecular flexibility index (Phi) is 3.97. The van der Waals surface area contributed by atoms with Crippen molar-refractivity contribution in [3.05, 3.63) is 29.3 Å². The molecular weight excluding hydrogens is 272 g/mol. The number of nitrogens with zero attached hydrogens (tertiary/aromatic N) is 1. The summed E-state index contributed by atoms with van der Waals surface area (Å²) in [5.41, 5.74) is 7.65. The van der Waals surface area contributed by atoms with Crippen molar-refractivity contribution in [1.29, 1.82) is 0 Å². The highest BCUT2D eigenvalue weighted by Crippen LogP contribution is 2.32. The van der Waals surface area contributed by atoms with E-state index < -0.39 is 10.0 Å². The second-order valence-electron chi connectivity index (χ2n) is 6.49. The summed E-state index contributed by atoms with van der Waals surface area (Å²) >= 11 is 0. The molecule has 1 unspecified atom stereocenters. The molecule has 5 heteroatoms. The van der Waals surface area contributed by atoms with Gasteiger partial charge in [0.1, 0.15) is 0 Å². The van der Waals surface area contributed by atoms with Gasteiger partial charge in [-0.15, -0.1) is 0 Å². The number of hydrogen-bond acceptors (Lipinski definition) is 3. The van der Waals surface area contributed by atoms with Crippen molar-refractivity contribution < 1.29 is 8.42 Å². The number of benzene rings is 1. The van der Waals surface area contributed by atoms with E-state index in [0.29, 0.717) is 24.4 Å². The quantitative estimate of drug-likeness (QED) is 0.908. The summed E-state index contributed by atoms with van der Waals surface area (Å²) in [5.74, 6) is 0. The van der Waals surface area contributed by atoms with E-state index in [1.165, 1.54) is 0 Å². The molecule has 1 atom stereocenters. The van der Waals surface area contributed by atoms with Gasteiger partial charge in [0, 0.05) is 19.1 Å². The third-order valence-corrected chi connectivity index (χ3v) is 6.23. The molecule has 0 bridgehead atoms. The summed E-state index contributed by atoms with van der Waals surface area (Å²) in [6.07, 6.45) is 0.705. The van der Waals surface area contributed by atoms with Gasteiger partial charge in [-0.1, -0.05) is 26.0 Å². The molecule has 0 amide bonds. The Balaban J connectivity index is 2.38. The fourth-order valence-electron chi connectivity index (χ4n) is 2.65. The Morgan fingerprint density at radius 3 is 2.55 bits per heavy atom. The van der Waals surface area contributed by atoms with Gasteiger partial charge in [0.25, 0.3) is 0 Å². The number of rotatable bonds is 2. The van der Waals surface area contributed by atoms with Crippen LogP contribution >= 0.6 is 0 Å². The van der Waals surface area contributed by atoms with Crippen LogP contribution in [0.25, 0.3) is 0 Å². The van der Waals surface area contributed by atoms with E-state index in [2.05, 4.69) is 0 Å². The first-order valence-corrected chi connectivity index (χ1v) is 8.41. The van der Waals surface area contributed by atoms with Crippen LogP contribution in [0.1, 0.15) is 31.4 Å². The van der Waals surface area contributed by atoms with E-state index in [9.17, 15) is 8.42 Å². The zero-order valence-electron chi connectivity index (χ0n) is 12.7. The van der Waals surface area contributed by atoms with E-state index in [0.717, 1.165) is 11.1 Å². The number of piperidine rings is 1. The molecule has 1 aromatic rings. The molecule has 0 aromatic heterocycles. The van der Waals surface area contributed by atoms with Gasteiger partial charge in [0.05, 0.1) is 4.90 Å². The van der Waals surface area contributed by atoms with Gasteiger partial charge in [-0.3, -0.25) is 0 Å². The lowest BCUT2D eigenvalue weighted by molar-refractivity contribution is 0.155. The van der Waals surface area contributed by atoms with Gasteiger partial charge >= 0.3 is 0 Å². The second kappa shape index (κ2) is 5.13. The van der Waals surface area contributed by atoms with Crippen molar-refractivity contribution >= 4 is 10.0 Å². The minimum absolute atomic E-state index is 0.0487. The average Bonchev–Trinajstić information content (AvgIpc) is 2.35. The molecule has 0 spiro atoms. The maximum atomic E-state index is 12.8. The lowest BCUT2D eigenvalue weighted by Gasteiger charge is -2.41. The third kappa shape index (κ3) is 2.75. The van der Waals surface area contributed by atoms with Crippen LogP contribution in [0, 0.1) is 19.3 Å². The van der Waals surface area contributed by atoms with Crippen LogP contribution in [-0.4, -0.2) is 31.9 Å². The maximum Gasteiger partial charge on any atom is 0.243 e. The molecule has 4 nitrogen and oxygen atoms in total. The molecule has 1 aliphatic rings. The van der Waals surface area contributed by atoms with Crippen molar-refractivity contribution in [3.63, 3.8) is 0 Å². The lowest BCUT2D eigenvalue weighted by Crippen LogP contribution is -2.53. The molecule has 1 aliphatic heterocycles. The van der Waals surface area contributed by atoms with E-state index in [-0.39, 0.29) is 11.5 Å². The maximum absolute atomic E-state index is 12.8. The van der Waals surface area contributed by atoms with Crippen LogP contribution in [-0.2, 0) is 10.0 Å². The van der Waals surface area contributed by atoms with Crippen LogP contribution in [0.5, 0.6) is 0 Å². The van der Waals surface area contributed by atoms with Gasteiger partial charge in [0.15, 0.2) is 0 Å². The Bertz CT molecular complexity index is 608. The van der Waals surface area contributed by atoms with E-state index in [1.807, 2.05) is 39.8 Å². The van der Waals surface area contributed by atoms with Crippen molar-refractivity contribution in [2.75, 3.05) is 13.1 Å². The molecule has 2 rings (SSSR count). The molecule has 112 valence electrons. The van der Waals surface area contributed by atoms with Crippen molar-refractivity contribution in [1.82, 2.24) is 4.31 Å². The first kappa shape index (κ1) is 15.5. The molecule has 1 fully saturated rings. The highest BCUT2D eigenvalue weighted by atomic mass is 32.2. The van der Waals surface area contributed by atoms with Crippen molar-refractivity contribution in [2.24, 2.45) is 11.1 Å². The van der Waals surface area contributed by atoms with Gasteiger partial charge in [-0.2, -0.15) is 4.31 Å². The molecular formula is C15H24N2O2S. The van der Waals surface area contributed by atoms with Crippen LogP contribution in [0.4, 0.5) is 0 Å². The summed E-state index contributed by atoms with van der Waals surface area (Å²) in [6, 6.07) is 5.60. The fraction of sp³-hybridized carbons (Fsp3) is 0.600. The minimum Gasteiger partial charge on any atom is -0.327 e. The zero-order chi connectivity index (χ0) is 15.1. The molecule has 1 saturated heterocycles. The molecule has 0 saturated carbocycles. The number of aryl methyl sites for hydroxylation is 2. The van der Waals surface area contributed by atoms with E-state index in [1.54, 1.807) is 10.4 Å². The predicted octanol–water partition coefficient (Wildman–Crippen LogP) is 2.05. The summed E-state index contributed by atoms with van der Waals surface area (Å²) < 4.78 is 27.3. The zero-order valence-corrected chi connectivity index (χ0v) is 13.5. The highest BCUT2D eigenvalue weighted by molar-refractivity contribution is 7.89. The highest BCUT2D eigenvalue weighted by Gasteiger charge is 2.39. The SMILES string of the molecule is Cc1ccc(C)c(S(=O)(=O)N2CCC(N)C(C)(C)C2)c1. The summed E-state index contributed by atoms with van der Waals surface area (Å²) in [5, 5.41) is 0. The minimum atomic E-state index is -3.43. The molecule has 1 heterocycles. The smallest absolute Gasteiger partial charge is 0.243 e. The van der Waals surface area contributed by atoms with Crippen LogP contribution in [0.15, 0.2) is 23.1 Å². The van der Waals surface area contributed by atoms with Crippen LogP contribution in [0.3, 0.4) is 0 Å². The lowest BCUT2D eigenvalue weighted by atomic mass is 9.81. The number of hydrogen-bond donors (Lipinski definition) is 1. The molecule has 1 aromatic carbocycles. The largest absolute Gasteiger partial charge is 0.327 e. The summed E-state index contributed by atoms with van der Waals surface area (Å²) in [7, 11) is -3.43. The topological polar surface area (TPSA) is 63.4 Å². The summed E-state index contributed by atoms with van der Waals surface area (Å²) in [4.78, 5) is 0.420. The monoisotopic (exact) mass is 296 g/mol. The third-order valence-electron chi connectivity index (χ3n) is 4.24. The van der Waals surface area contributed by atoms with Gasteiger partial charge in [0.2, 0.25) is 10.0 Å². The number of nitrogens with two attached hydrogens (primary N) is 1. The molecule has 2 N–H and O–H groups in total. The van der Waals surface area contributed by atoms with E-state index in [4.69, 9.17) is 5.73 Å². The van der Waals surface area contributed by atoms with Crippen molar-refractivity contribution in [2.45, 2.75) is 45.1 Å². The van der Waals surface area contributed by atoms with Gasteiger partial charge < -0.3 is 5.73 Å². The van der Waals surface area contributed by atoms with Gasteiger partial charge in [-0.05, 0) is 42.9 Å². The molecule has 0 radical (unpaired) electrons. The Labute approximate surface area is 122 Å². The predicted molar refractivity (Wildman–Crippen MR) is 81.0 cm³/mol. The van der Waals surface area contributed by atoms with Gasteiger partial charge in [-0.25, -0.2) is 8.42 Å². The first-order valence-electron chi connectivity index (χ1n) is 6.97. The average molecular weight is 296 g/mol. The number of sulfonamides is 1. The Morgan fingerprint density at radius 1 is 1.30 bits per heavy atom. The normalized spacial score (nSPS) is 23.8.